The molecule has 3 aromatic rings. The molecule has 0 aliphatic rings. The minimum atomic E-state index is -0.210. The van der Waals surface area contributed by atoms with Gasteiger partial charge in [0.1, 0.15) is 12.4 Å². The summed E-state index contributed by atoms with van der Waals surface area (Å²) in [6.45, 7) is 4.16. The molecule has 0 saturated heterocycles. The normalized spacial score (nSPS) is 10.8. The molecule has 5 nitrogen and oxygen atoms in total. The molecule has 3 rings (SSSR count). The fraction of sp³-hybridized carbons (Fsp3) is 0.211. The molecule has 1 N–H and O–H groups in total. The largest absolute Gasteiger partial charge is 0.350 e. The van der Waals surface area contributed by atoms with Crippen molar-refractivity contribution in [2.75, 3.05) is 0 Å². The number of carbonyl (C=O) groups is 1. The van der Waals surface area contributed by atoms with Crippen LogP contribution < -0.4 is 10.9 Å². The number of benzene rings is 2. The minimum Gasteiger partial charge on any atom is -0.350 e. The molecule has 1 aromatic heterocycles. The van der Waals surface area contributed by atoms with E-state index in [1.165, 1.54) is 10.1 Å². The van der Waals surface area contributed by atoms with Crippen LogP contribution in [0.15, 0.2) is 53.3 Å². The summed E-state index contributed by atoms with van der Waals surface area (Å²) < 4.78 is 1.41. The molecule has 5 heteroatoms. The summed E-state index contributed by atoms with van der Waals surface area (Å²) >= 11 is 0. The van der Waals surface area contributed by atoms with Crippen LogP contribution >= 0.6 is 0 Å². The molecule has 0 spiro atoms. The Morgan fingerprint density at radius 3 is 2.54 bits per heavy atom. The van der Waals surface area contributed by atoms with E-state index >= 15 is 0 Å². The molecule has 122 valence electrons. The van der Waals surface area contributed by atoms with E-state index in [0.29, 0.717) is 23.3 Å². The van der Waals surface area contributed by atoms with E-state index in [1.807, 2.05) is 37.3 Å². The number of hydrogen-bond donors (Lipinski definition) is 1. The molecule has 0 aliphatic carbocycles. The van der Waals surface area contributed by atoms with Gasteiger partial charge in [-0.05, 0) is 31.5 Å². The molecule has 2 aromatic carbocycles. The summed E-state index contributed by atoms with van der Waals surface area (Å²) in [4.78, 5) is 29.1. The van der Waals surface area contributed by atoms with Crippen molar-refractivity contribution in [3.05, 3.63) is 75.8 Å². The molecule has 24 heavy (non-hydrogen) atoms. The average Bonchev–Trinajstić information content (AvgIpc) is 2.58. The number of fused-ring (bicyclic) bond motifs is 1. The van der Waals surface area contributed by atoms with Crippen molar-refractivity contribution in [1.82, 2.24) is 14.9 Å². The number of aryl methyl sites for hydroxylation is 2. The number of rotatable bonds is 4. The van der Waals surface area contributed by atoms with Crippen molar-refractivity contribution < 1.29 is 4.79 Å². The monoisotopic (exact) mass is 321 g/mol. The van der Waals surface area contributed by atoms with Crippen molar-refractivity contribution in [1.29, 1.82) is 0 Å². The second-order valence-corrected chi connectivity index (χ2v) is 5.83. The summed E-state index contributed by atoms with van der Waals surface area (Å²) in [6.07, 6.45) is 0. The van der Waals surface area contributed by atoms with Gasteiger partial charge >= 0.3 is 0 Å². The van der Waals surface area contributed by atoms with Crippen LogP contribution in [-0.4, -0.2) is 15.5 Å². The second kappa shape index (κ2) is 6.66. The summed E-state index contributed by atoms with van der Waals surface area (Å²) in [7, 11) is 0. The van der Waals surface area contributed by atoms with Crippen LogP contribution in [0.3, 0.4) is 0 Å². The first kappa shape index (κ1) is 15.9. The Bertz CT molecular complexity index is 943. The lowest BCUT2D eigenvalue weighted by atomic mass is 10.1. The van der Waals surface area contributed by atoms with Gasteiger partial charge in [0, 0.05) is 6.54 Å². The summed E-state index contributed by atoms with van der Waals surface area (Å²) in [5.74, 6) is 0.321. The van der Waals surface area contributed by atoms with Crippen LogP contribution in [0.1, 0.15) is 17.0 Å². The lowest BCUT2D eigenvalue weighted by Crippen LogP contribution is -2.33. The molecule has 0 radical (unpaired) electrons. The van der Waals surface area contributed by atoms with E-state index in [2.05, 4.69) is 10.3 Å². The molecule has 0 bridgehead atoms. The molecular weight excluding hydrogens is 302 g/mol. The van der Waals surface area contributed by atoms with Gasteiger partial charge in [0.25, 0.3) is 5.56 Å². The first-order valence-corrected chi connectivity index (χ1v) is 7.83. The number of aromatic nitrogens is 2. The van der Waals surface area contributed by atoms with Crippen molar-refractivity contribution >= 4 is 16.8 Å². The zero-order valence-corrected chi connectivity index (χ0v) is 13.7. The number of para-hydroxylation sites is 1. The number of nitrogens with zero attached hydrogens (tertiary/aromatic N) is 2. The van der Waals surface area contributed by atoms with Crippen LogP contribution in [0.25, 0.3) is 10.9 Å². The third-order valence-electron chi connectivity index (χ3n) is 3.96. The standard InChI is InChI=1S/C19H19N3O2/c1-13-7-9-15(10-8-13)11-20-18(23)12-22-14(2)21-17-6-4-3-5-16(17)19(22)24/h3-10H,11-12H2,1-2H3,(H,20,23). The van der Waals surface area contributed by atoms with Gasteiger partial charge in [0.05, 0.1) is 10.9 Å². The summed E-state index contributed by atoms with van der Waals surface area (Å²) in [5, 5.41) is 3.37. The molecular formula is C19H19N3O2. The van der Waals surface area contributed by atoms with Gasteiger partial charge in [-0.15, -0.1) is 0 Å². The van der Waals surface area contributed by atoms with E-state index in [4.69, 9.17) is 0 Å². The number of hydrogen-bond acceptors (Lipinski definition) is 3. The van der Waals surface area contributed by atoms with Gasteiger partial charge in [0.15, 0.2) is 0 Å². The fourth-order valence-corrected chi connectivity index (χ4v) is 2.57. The Hall–Kier alpha value is -2.95. The highest BCUT2D eigenvalue weighted by Gasteiger charge is 2.11. The maximum absolute atomic E-state index is 12.5. The van der Waals surface area contributed by atoms with Crippen molar-refractivity contribution in [2.45, 2.75) is 26.9 Å². The van der Waals surface area contributed by atoms with E-state index in [1.54, 1.807) is 25.1 Å². The van der Waals surface area contributed by atoms with E-state index in [-0.39, 0.29) is 18.0 Å². The first-order chi connectivity index (χ1) is 11.5. The van der Waals surface area contributed by atoms with Crippen LogP contribution in [0.5, 0.6) is 0 Å². The van der Waals surface area contributed by atoms with Crippen LogP contribution in [0.4, 0.5) is 0 Å². The SMILES string of the molecule is Cc1ccc(CNC(=O)Cn2c(C)nc3ccccc3c2=O)cc1. The van der Waals surface area contributed by atoms with Crippen LogP contribution in [0.2, 0.25) is 0 Å². The lowest BCUT2D eigenvalue weighted by Gasteiger charge is -2.11. The molecule has 0 aliphatic heterocycles. The van der Waals surface area contributed by atoms with Gasteiger partial charge in [0.2, 0.25) is 5.91 Å². The molecule has 0 saturated carbocycles. The second-order valence-electron chi connectivity index (χ2n) is 5.83. The topological polar surface area (TPSA) is 64.0 Å². The summed E-state index contributed by atoms with van der Waals surface area (Å²) in [5.41, 5.74) is 2.66. The van der Waals surface area contributed by atoms with E-state index in [9.17, 15) is 9.59 Å². The van der Waals surface area contributed by atoms with Crippen LogP contribution in [0, 0.1) is 13.8 Å². The highest BCUT2D eigenvalue weighted by Crippen LogP contribution is 2.07. The minimum absolute atomic E-state index is 0.0334. The van der Waals surface area contributed by atoms with Gasteiger partial charge in [-0.1, -0.05) is 42.0 Å². The van der Waals surface area contributed by atoms with Crippen molar-refractivity contribution in [3.8, 4) is 0 Å². The Labute approximate surface area is 140 Å². The Morgan fingerprint density at radius 1 is 1.08 bits per heavy atom. The zero-order valence-electron chi connectivity index (χ0n) is 13.7. The molecule has 1 heterocycles. The highest BCUT2D eigenvalue weighted by molar-refractivity contribution is 5.79. The predicted molar refractivity (Wildman–Crippen MR) is 93.8 cm³/mol. The molecule has 1 amide bonds. The van der Waals surface area contributed by atoms with Gasteiger partial charge < -0.3 is 5.32 Å². The maximum Gasteiger partial charge on any atom is 0.261 e. The van der Waals surface area contributed by atoms with Gasteiger partial charge in [-0.3, -0.25) is 14.2 Å². The quantitative estimate of drug-likeness (QED) is 0.802. The Morgan fingerprint density at radius 2 is 1.79 bits per heavy atom. The third-order valence-corrected chi connectivity index (χ3v) is 3.96. The van der Waals surface area contributed by atoms with Crippen molar-refractivity contribution in [2.24, 2.45) is 0 Å². The molecule has 0 atom stereocenters. The fourth-order valence-electron chi connectivity index (χ4n) is 2.57. The van der Waals surface area contributed by atoms with Crippen LogP contribution in [-0.2, 0) is 17.9 Å². The number of nitrogens with one attached hydrogen (secondary N) is 1. The van der Waals surface area contributed by atoms with Gasteiger partial charge in [-0.2, -0.15) is 0 Å². The first-order valence-electron chi connectivity index (χ1n) is 7.83. The number of carbonyl (C=O) groups excluding carboxylic acids is 1. The number of amides is 1. The smallest absolute Gasteiger partial charge is 0.261 e. The van der Waals surface area contributed by atoms with Crippen molar-refractivity contribution in [3.63, 3.8) is 0 Å². The predicted octanol–water partition coefficient (Wildman–Crippen LogP) is 2.33. The highest BCUT2D eigenvalue weighted by atomic mass is 16.2. The lowest BCUT2D eigenvalue weighted by molar-refractivity contribution is -0.121. The average molecular weight is 321 g/mol. The zero-order chi connectivity index (χ0) is 17.1. The van der Waals surface area contributed by atoms with Gasteiger partial charge in [-0.25, -0.2) is 4.98 Å². The van der Waals surface area contributed by atoms with E-state index < -0.39 is 0 Å². The Balaban J connectivity index is 1.75. The summed E-state index contributed by atoms with van der Waals surface area (Å²) in [6, 6.07) is 15.1. The Kier molecular flexibility index (Phi) is 4.42. The molecule has 0 unspecified atom stereocenters. The maximum atomic E-state index is 12.5. The third kappa shape index (κ3) is 3.35. The van der Waals surface area contributed by atoms with E-state index in [0.717, 1.165) is 5.56 Å². The molecule has 0 fully saturated rings.